The quantitative estimate of drug-likeness (QED) is 0.827. The van der Waals surface area contributed by atoms with Crippen molar-refractivity contribution in [3.05, 3.63) is 52.6 Å². The average molecular weight is 418 g/mol. The molecule has 0 spiro atoms. The Hall–Kier alpha value is -2.41. The van der Waals surface area contributed by atoms with Crippen LogP contribution in [-0.4, -0.2) is 40.8 Å². The van der Waals surface area contributed by atoms with E-state index in [-0.39, 0.29) is 17.9 Å². The van der Waals surface area contributed by atoms with Gasteiger partial charge in [0.05, 0.1) is 5.56 Å². The summed E-state index contributed by atoms with van der Waals surface area (Å²) >= 11 is 3.39. The fourth-order valence-electron chi connectivity index (χ4n) is 2.83. The smallest absolute Gasteiger partial charge is 0.253 e. The molecule has 0 aliphatic carbocycles. The highest BCUT2D eigenvalue weighted by Crippen LogP contribution is 2.23. The van der Waals surface area contributed by atoms with Crippen LogP contribution in [0, 0.1) is 0 Å². The number of ether oxygens (including phenoxy) is 1. The van der Waals surface area contributed by atoms with Gasteiger partial charge in [0.15, 0.2) is 0 Å². The first-order chi connectivity index (χ1) is 12.5. The summed E-state index contributed by atoms with van der Waals surface area (Å²) in [7, 11) is 0. The van der Waals surface area contributed by atoms with Gasteiger partial charge in [-0.1, -0.05) is 22.0 Å². The Kier molecular flexibility index (Phi) is 5.88. The monoisotopic (exact) mass is 417 g/mol. The molecule has 1 aromatic heterocycles. The van der Waals surface area contributed by atoms with Crippen molar-refractivity contribution in [2.24, 2.45) is 0 Å². The van der Waals surface area contributed by atoms with E-state index in [1.807, 2.05) is 24.3 Å². The van der Waals surface area contributed by atoms with Crippen LogP contribution in [0.25, 0.3) is 0 Å². The van der Waals surface area contributed by atoms with E-state index in [4.69, 9.17) is 4.74 Å². The molecule has 1 aromatic carbocycles. The third kappa shape index (κ3) is 4.82. The zero-order valence-electron chi connectivity index (χ0n) is 14.4. The number of nitrogens with one attached hydrogen (secondary N) is 1. The molecule has 2 amide bonds. The third-order valence-corrected chi connectivity index (χ3v) is 4.79. The molecule has 0 atom stereocenters. The van der Waals surface area contributed by atoms with E-state index in [0.29, 0.717) is 30.3 Å². The SMILES string of the molecule is CC(=O)N1CCC(NC(=O)c2ccc(Oc3cccc(Br)c3)nc2)CC1. The van der Waals surface area contributed by atoms with Crippen LogP contribution in [0.5, 0.6) is 11.6 Å². The first kappa shape index (κ1) is 18.4. The Bertz CT molecular complexity index is 787. The number of hydrogen-bond acceptors (Lipinski definition) is 4. The van der Waals surface area contributed by atoms with Gasteiger partial charge in [-0.25, -0.2) is 4.98 Å². The van der Waals surface area contributed by atoms with Gasteiger partial charge in [0, 0.05) is 42.8 Å². The Morgan fingerprint density at radius 3 is 2.62 bits per heavy atom. The van der Waals surface area contributed by atoms with E-state index in [2.05, 4.69) is 26.2 Å². The van der Waals surface area contributed by atoms with Crippen LogP contribution in [0.1, 0.15) is 30.1 Å². The number of benzene rings is 1. The number of aromatic nitrogens is 1. The summed E-state index contributed by atoms with van der Waals surface area (Å²) in [6, 6.07) is 10.9. The highest BCUT2D eigenvalue weighted by atomic mass is 79.9. The molecule has 3 rings (SSSR count). The summed E-state index contributed by atoms with van der Waals surface area (Å²) in [5.41, 5.74) is 0.487. The Labute approximate surface area is 160 Å². The van der Waals surface area contributed by atoms with Gasteiger partial charge in [-0.2, -0.15) is 0 Å². The van der Waals surface area contributed by atoms with Crippen LogP contribution in [0.3, 0.4) is 0 Å². The van der Waals surface area contributed by atoms with Crippen LogP contribution in [0.4, 0.5) is 0 Å². The molecule has 2 aromatic rings. The number of nitrogens with zero attached hydrogens (tertiary/aromatic N) is 2. The maximum absolute atomic E-state index is 12.4. The zero-order valence-corrected chi connectivity index (χ0v) is 16.0. The number of likely N-dealkylation sites (tertiary alicyclic amines) is 1. The molecule has 1 aliphatic rings. The van der Waals surface area contributed by atoms with Crippen LogP contribution >= 0.6 is 15.9 Å². The highest BCUT2D eigenvalue weighted by Gasteiger charge is 2.22. The molecule has 2 heterocycles. The van der Waals surface area contributed by atoms with E-state index in [9.17, 15) is 9.59 Å². The second-order valence-electron chi connectivity index (χ2n) is 6.20. The number of piperidine rings is 1. The fraction of sp³-hybridized carbons (Fsp3) is 0.316. The number of hydrogen-bond donors (Lipinski definition) is 1. The van der Waals surface area contributed by atoms with Gasteiger partial charge in [0.2, 0.25) is 11.8 Å². The minimum atomic E-state index is -0.159. The minimum absolute atomic E-state index is 0.0793. The molecule has 1 aliphatic heterocycles. The van der Waals surface area contributed by atoms with Crippen molar-refractivity contribution in [1.29, 1.82) is 0 Å². The van der Waals surface area contributed by atoms with E-state index < -0.39 is 0 Å². The second kappa shape index (κ2) is 8.31. The van der Waals surface area contributed by atoms with Gasteiger partial charge in [0.1, 0.15) is 5.75 Å². The van der Waals surface area contributed by atoms with E-state index >= 15 is 0 Å². The Morgan fingerprint density at radius 1 is 1.23 bits per heavy atom. The number of carbonyl (C=O) groups is 2. The van der Waals surface area contributed by atoms with Gasteiger partial charge in [0.25, 0.3) is 5.91 Å². The number of amides is 2. The molecule has 1 saturated heterocycles. The molecule has 0 saturated carbocycles. The highest BCUT2D eigenvalue weighted by molar-refractivity contribution is 9.10. The number of halogens is 1. The Morgan fingerprint density at radius 2 is 2.00 bits per heavy atom. The molecular formula is C19H20BrN3O3. The summed E-state index contributed by atoms with van der Waals surface area (Å²) in [6.45, 7) is 2.93. The number of pyridine rings is 1. The summed E-state index contributed by atoms with van der Waals surface area (Å²) in [5.74, 6) is 1.02. The molecule has 26 heavy (non-hydrogen) atoms. The lowest BCUT2D eigenvalue weighted by molar-refractivity contribution is -0.129. The van der Waals surface area contributed by atoms with Gasteiger partial charge in [-0.3, -0.25) is 9.59 Å². The van der Waals surface area contributed by atoms with Gasteiger partial charge >= 0.3 is 0 Å². The van der Waals surface area contributed by atoms with Crippen LogP contribution in [0.15, 0.2) is 47.1 Å². The number of carbonyl (C=O) groups excluding carboxylic acids is 2. The van der Waals surface area contributed by atoms with Crippen molar-refractivity contribution in [2.45, 2.75) is 25.8 Å². The topological polar surface area (TPSA) is 71.5 Å². The van der Waals surface area contributed by atoms with Crippen molar-refractivity contribution >= 4 is 27.7 Å². The van der Waals surface area contributed by atoms with Gasteiger partial charge in [-0.15, -0.1) is 0 Å². The van der Waals surface area contributed by atoms with Crippen LogP contribution in [-0.2, 0) is 4.79 Å². The summed E-state index contributed by atoms with van der Waals surface area (Å²) in [6.07, 6.45) is 3.04. The van der Waals surface area contributed by atoms with Crippen molar-refractivity contribution < 1.29 is 14.3 Å². The maximum Gasteiger partial charge on any atom is 0.253 e. The molecule has 0 radical (unpaired) electrons. The normalized spacial score (nSPS) is 14.8. The lowest BCUT2D eigenvalue weighted by atomic mass is 10.0. The van der Waals surface area contributed by atoms with Gasteiger partial charge < -0.3 is 15.0 Å². The largest absolute Gasteiger partial charge is 0.439 e. The zero-order chi connectivity index (χ0) is 18.5. The Balaban J connectivity index is 1.55. The molecule has 7 heteroatoms. The van der Waals surface area contributed by atoms with Crippen LogP contribution < -0.4 is 10.1 Å². The van der Waals surface area contributed by atoms with E-state index in [0.717, 1.165) is 17.3 Å². The standard InChI is InChI=1S/C19H20BrN3O3/c1-13(24)23-9-7-16(8-10-23)22-19(25)14-5-6-18(21-12-14)26-17-4-2-3-15(20)11-17/h2-6,11-12,16H,7-10H2,1H3,(H,22,25). The first-order valence-electron chi connectivity index (χ1n) is 8.47. The van der Waals surface area contributed by atoms with Crippen molar-refractivity contribution in [1.82, 2.24) is 15.2 Å². The van der Waals surface area contributed by atoms with Crippen molar-refractivity contribution in [3.8, 4) is 11.6 Å². The van der Waals surface area contributed by atoms with Crippen LogP contribution in [0.2, 0.25) is 0 Å². The summed E-state index contributed by atoms with van der Waals surface area (Å²) < 4.78 is 6.59. The predicted molar refractivity (Wildman–Crippen MR) is 101 cm³/mol. The summed E-state index contributed by atoms with van der Waals surface area (Å²) in [4.78, 5) is 29.7. The lowest BCUT2D eigenvalue weighted by Gasteiger charge is -2.31. The molecule has 0 unspecified atom stereocenters. The molecular weight excluding hydrogens is 398 g/mol. The first-order valence-corrected chi connectivity index (χ1v) is 9.26. The van der Waals surface area contributed by atoms with Crippen molar-refractivity contribution in [3.63, 3.8) is 0 Å². The molecule has 1 fully saturated rings. The molecule has 6 nitrogen and oxygen atoms in total. The second-order valence-corrected chi connectivity index (χ2v) is 7.11. The van der Waals surface area contributed by atoms with Crippen molar-refractivity contribution in [2.75, 3.05) is 13.1 Å². The average Bonchev–Trinajstić information content (AvgIpc) is 2.63. The maximum atomic E-state index is 12.4. The minimum Gasteiger partial charge on any atom is -0.439 e. The molecule has 1 N–H and O–H groups in total. The van der Waals surface area contributed by atoms with Gasteiger partial charge in [-0.05, 0) is 37.1 Å². The number of rotatable bonds is 4. The molecule has 0 bridgehead atoms. The lowest BCUT2D eigenvalue weighted by Crippen LogP contribution is -2.46. The third-order valence-electron chi connectivity index (χ3n) is 4.29. The molecule has 136 valence electrons. The summed E-state index contributed by atoms with van der Waals surface area (Å²) in [5, 5.41) is 3.01. The van der Waals surface area contributed by atoms with E-state index in [1.165, 1.54) is 6.20 Å². The predicted octanol–water partition coefficient (Wildman–Crippen LogP) is 3.38. The van der Waals surface area contributed by atoms with E-state index in [1.54, 1.807) is 24.0 Å². The fourth-order valence-corrected chi connectivity index (χ4v) is 3.21.